The molecule has 0 aliphatic carbocycles. The summed E-state index contributed by atoms with van der Waals surface area (Å²) in [6, 6.07) is 2.84. The maximum Gasteiger partial charge on any atom is 0.126 e. The summed E-state index contributed by atoms with van der Waals surface area (Å²) in [6.07, 6.45) is -1.02. The molecule has 1 aromatic carbocycles. The number of aliphatic hydroxyl groups is 1. The third kappa shape index (κ3) is 2.16. The van der Waals surface area contributed by atoms with Crippen molar-refractivity contribution in [1.82, 2.24) is 0 Å². The lowest BCUT2D eigenvalue weighted by Gasteiger charge is -2.06. The molecule has 0 aliphatic rings. The zero-order valence-electron chi connectivity index (χ0n) is 6.10. The van der Waals surface area contributed by atoms with Crippen LogP contribution in [0.25, 0.3) is 0 Å². The average Bonchev–Trinajstić information content (AvgIpc) is 2.01. The molecule has 1 atom stereocenters. The summed E-state index contributed by atoms with van der Waals surface area (Å²) in [5.41, 5.74) is 0.155. The van der Waals surface area contributed by atoms with Crippen molar-refractivity contribution in [2.45, 2.75) is 6.10 Å². The van der Waals surface area contributed by atoms with Crippen LogP contribution in [0.3, 0.4) is 0 Å². The van der Waals surface area contributed by atoms with Gasteiger partial charge in [0.05, 0.1) is 12.0 Å². The minimum Gasteiger partial charge on any atom is -0.387 e. The van der Waals surface area contributed by atoms with E-state index in [0.717, 1.165) is 18.2 Å². The van der Waals surface area contributed by atoms with Crippen LogP contribution in [0.2, 0.25) is 0 Å². The Labute approximate surface area is 73.6 Å². The van der Waals surface area contributed by atoms with E-state index in [1.54, 1.807) is 0 Å². The van der Waals surface area contributed by atoms with Crippen molar-refractivity contribution in [2.24, 2.45) is 0 Å². The second-order valence-corrected chi connectivity index (χ2v) is 2.68. The molecule has 4 heteroatoms. The molecule has 0 fully saturated rings. The lowest BCUT2D eigenvalue weighted by Crippen LogP contribution is -1.99. The van der Waals surface area contributed by atoms with E-state index in [1.165, 1.54) is 0 Å². The molecule has 0 spiro atoms. The van der Waals surface area contributed by atoms with E-state index in [2.05, 4.69) is 0 Å². The molecular formula is C8H7ClF2O. The topological polar surface area (TPSA) is 20.2 Å². The number of halogens is 3. The van der Waals surface area contributed by atoms with Crippen molar-refractivity contribution >= 4 is 11.6 Å². The van der Waals surface area contributed by atoms with Crippen LogP contribution in [0.1, 0.15) is 11.7 Å². The molecule has 1 nitrogen and oxygen atoms in total. The first kappa shape index (κ1) is 9.42. The molecule has 0 heterocycles. The van der Waals surface area contributed by atoms with Gasteiger partial charge in [0.1, 0.15) is 11.6 Å². The first-order chi connectivity index (χ1) is 5.63. The van der Waals surface area contributed by atoms with Crippen molar-refractivity contribution in [3.63, 3.8) is 0 Å². The van der Waals surface area contributed by atoms with Crippen LogP contribution in [-0.4, -0.2) is 11.0 Å². The molecule has 1 N–H and O–H groups in total. The van der Waals surface area contributed by atoms with Gasteiger partial charge in [0.2, 0.25) is 0 Å². The Morgan fingerprint density at radius 2 is 1.75 bits per heavy atom. The van der Waals surface area contributed by atoms with E-state index in [-0.39, 0.29) is 11.4 Å². The Balaban J connectivity index is 3.00. The summed E-state index contributed by atoms with van der Waals surface area (Å²) in [6.45, 7) is 0. The smallest absolute Gasteiger partial charge is 0.126 e. The highest BCUT2D eigenvalue weighted by Gasteiger charge is 2.08. The maximum absolute atomic E-state index is 12.5. The van der Waals surface area contributed by atoms with Gasteiger partial charge in [-0.3, -0.25) is 0 Å². The van der Waals surface area contributed by atoms with Crippen molar-refractivity contribution in [1.29, 1.82) is 0 Å². The molecule has 0 saturated heterocycles. The minimum atomic E-state index is -1.02. The number of hydrogen-bond acceptors (Lipinski definition) is 1. The largest absolute Gasteiger partial charge is 0.387 e. The number of benzene rings is 1. The molecule has 12 heavy (non-hydrogen) atoms. The molecule has 1 rings (SSSR count). The van der Waals surface area contributed by atoms with Crippen LogP contribution in [-0.2, 0) is 0 Å². The molecule has 0 amide bonds. The molecule has 0 aliphatic heterocycles. The SMILES string of the molecule is O[C@H](CCl)c1cc(F)cc(F)c1. The lowest BCUT2D eigenvalue weighted by atomic mass is 10.1. The molecule has 0 unspecified atom stereocenters. The number of alkyl halides is 1. The molecule has 0 saturated carbocycles. The summed E-state index contributed by atoms with van der Waals surface area (Å²) in [5, 5.41) is 9.11. The van der Waals surface area contributed by atoms with Crippen molar-refractivity contribution < 1.29 is 13.9 Å². The zero-order chi connectivity index (χ0) is 9.14. The number of hydrogen-bond donors (Lipinski definition) is 1. The zero-order valence-corrected chi connectivity index (χ0v) is 6.85. The van der Waals surface area contributed by atoms with Gasteiger partial charge in [-0.2, -0.15) is 0 Å². The molecule has 0 aromatic heterocycles. The highest BCUT2D eigenvalue weighted by molar-refractivity contribution is 6.18. The highest BCUT2D eigenvalue weighted by atomic mass is 35.5. The van der Waals surface area contributed by atoms with Crippen LogP contribution in [0.4, 0.5) is 8.78 Å². The van der Waals surface area contributed by atoms with Crippen molar-refractivity contribution in [3.05, 3.63) is 35.4 Å². The van der Waals surface area contributed by atoms with Gasteiger partial charge in [-0.05, 0) is 17.7 Å². The fourth-order valence-electron chi connectivity index (χ4n) is 0.857. The van der Waals surface area contributed by atoms with E-state index in [0.29, 0.717) is 0 Å². The number of rotatable bonds is 2. The molecule has 0 radical (unpaired) electrons. The summed E-state index contributed by atoms with van der Waals surface area (Å²) in [7, 11) is 0. The van der Waals surface area contributed by atoms with Gasteiger partial charge in [-0.15, -0.1) is 11.6 Å². The van der Waals surface area contributed by atoms with Gasteiger partial charge < -0.3 is 5.11 Å². The Bertz CT molecular complexity index is 258. The Kier molecular flexibility index (Phi) is 3.00. The molecule has 66 valence electrons. The van der Waals surface area contributed by atoms with E-state index in [1.807, 2.05) is 0 Å². The first-order valence-electron chi connectivity index (χ1n) is 3.33. The van der Waals surface area contributed by atoms with Crippen LogP contribution in [0.15, 0.2) is 18.2 Å². The average molecular weight is 193 g/mol. The monoisotopic (exact) mass is 192 g/mol. The second kappa shape index (κ2) is 3.83. The predicted molar refractivity (Wildman–Crippen MR) is 42.0 cm³/mol. The second-order valence-electron chi connectivity index (χ2n) is 2.37. The van der Waals surface area contributed by atoms with Crippen LogP contribution >= 0.6 is 11.6 Å². The van der Waals surface area contributed by atoms with Gasteiger partial charge >= 0.3 is 0 Å². The van der Waals surface area contributed by atoms with Gasteiger partial charge in [-0.1, -0.05) is 0 Å². The number of aliphatic hydroxyl groups excluding tert-OH is 1. The lowest BCUT2D eigenvalue weighted by molar-refractivity contribution is 0.201. The summed E-state index contributed by atoms with van der Waals surface area (Å²) in [5.74, 6) is -1.51. The van der Waals surface area contributed by atoms with Gasteiger partial charge in [0.15, 0.2) is 0 Å². The predicted octanol–water partition coefficient (Wildman–Crippen LogP) is 2.24. The fraction of sp³-hybridized carbons (Fsp3) is 0.250. The fourth-order valence-corrected chi connectivity index (χ4v) is 1.03. The standard InChI is InChI=1S/C8H7ClF2O/c9-4-8(12)5-1-6(10)3-7(11)2-5/h1-3,8,12H,4H2/t8-/m1/s1. The molecular weight excluding hydrogens is 186 g/mol. The van der Waals surface area contributed by atoms with Crippen LogP contribution in [0, 0.1) is 11.6 Å². The molecule has 1 aromatic rings. The maximum atomic E-state index is 12.5. The van der Waals surface area contributed by atoms with E-state index in [4.69, 9.17) is 16.7 Å². The third-order valence-electron chi connectivity index (χ3n) is 1.42. The van der Waals surface area contributed by atoms with Crippen molar-refractivity contribution in [3.8, 4) is 0 Å². The van der Waals surface area contributed by atoms with E-state index < -0.39 is 17.7 Å². The van der Waals surface area contributed by atoms with Gasteiger partial charge in [0.25, 0.3) is 0 Å². The van der Waals surface area contributed by atoms with E-state index >= 15 is 0 Å². The van der Waals surface area contributed by atoms with Gasteiger partial charge in [0, 0.05) is 6.07 Å². The first-order valence-corrected chi connectivity index (χ1v) is 3.87. The van der Waals surface area contributed by atoms with Crippen LogP contribution < -0.4 is 0 Å². The molecule has 0 bridgehead atoms. The Morgan fingerprint density at radius 3 is 2.17 bits per heavy atom. The minimum absolute atomic E-state index is 0.0805. The van der Waals surface area contributed by atoms with E-state index in [9.17, 15) is 8.78 Å². The normalized spacial score (nSPS) is 13.0. The highest BCUT2D eigenvalue weighted by Crippen LogP contribution is 2.16. The summed E-state index contributed by atoms with van der Waals surface area (Å²) >= 11 is 5.30. The van der Waals surface area contributed by atoms with Crippen LogP contribution in [0.5, 0.6) is 0 Å². The summed E-state index contributed by atoms with van der Waals surface area (Å²) in [4.78, 5) is 0. The Hall–Kier alpha value is -0.670. The Morgan fingerprint density at radius 1 is 1.25 bits per heavy atom. The summed E-state index contributed by atoms with van der Waals surface area (Å²) < 4.78 is 25.1. The third-order valence-corrected chi connectivity index (χ3v) is 1.71. The van der Waals surface area contributed by atoms with Gasteiger partial charge in [-0.25, -0.2) is 8.78 Å². The quantitative estimate of drug-likeness (QED) is 0.713. The van der Waals surface area contributed by atoms with Crippen molar-refractivity contribution in [2.75, 3.05) is 5.88 Å².